The van der Waals surface area contributed by atoms with Crippen LogP contribution in [0, 0.1) is 17.7 Å². The lowest BCUT2D eigenvalue weighted by atomic mass is 9.97. The monoisotopic (exact) mass is 299 g/mol. The maximum Gasteiger partial charge on any atom is 0.138 e. The van der Waals surface area contributed by atoms with Crippen molar-refractivity contribution in [3.63, 3.8) is 0 Å². The highest BCUT2D eigenvalue weighted by Gasteiger charge is 2.13. The minimum Gasteiger partial charge on any atom is -0.316 e. The fourth-order valence-corrected chi connectivity index (χ4v) is 2.80. The number of halogens is 2. The maximum atomic E-state index is 13.7. The topological polar surface area (TPSA) is 12.0 Å². The first-order valence-corrected chi connectivity index (χ1v) is 7.41. The third-order valence-electron chi connectivity index (χ3n) is 3.68. The Morgan fingerprint density at radius 2 is 1.81 bits per heavy atom. The largest absolute Gasteiger partial charge is 0.316 e. The molecule has 3 heteroatoms. The Morgan fingerprint density at radius 1 is 1.00 bits per heavy atom. The first kappa shape index (κ1) is 14.1. The molecule has 0 aliphatic carbocycles. The van der Waals surface area contributed by atoms with Gasteiger partial charge in [0.25, 0.3) is 0 Å². The molecule has 0 radical (unpaired) electrons. The van der Waals surface area contributed by atoms with E-state index >= 15 is 0 Å². The summed E-state index contributed by atoms with van der Waals surface area (Å²) in [6.07, 6.45) is 1.87. The summed E-state index contributed by atoms with van der Waals surface area (Å²) in [7, 11) is 0. The van der Waals surface area contributed by atoms with Crippen molar-refractivity contribution in [1.29, 1.82) is 0 Å². The summed E-state index contributed by atoms with van der Waals surface area (Å²) < 4.78 is 13.7. The van der Waals surface area contributed by atoms with E-state index in [4.69, 9.17) is 11.6 Å². The van der Waals surface area contributed by atoms with Gasteiger partial charge >= 0.3 is 0 Å². The molecule has 0 amide bonds. The first-order valence-electron chi connectivity index (χ1n) is 7.03. The van der Waals surface area contributed by atoms with Crippen LogP contribution in [0.1, 0.15) is 22.3 Å². The van der Waals surface area contributed by atoms with Gasteiger partial charge in [-0.15, -0.1) is 0 Å². The molecule has 0 atom stereocenters. The number of benzene rings is 2. The molecule has 3 rings (SSSR count). The van der Waals surface area contributed by atoms with E-state index in [1.165, 1.54) is 17.2 Å². The smallest absolute Gasteiger partial charge is 0.138 e. The Bertz CT molecular complexity index is 728. The lowest BCUT2D eigenvalue weighted by Gasteiger charge is -2.09. The lowest BCUT2D eigenvalue weighted by Crippen LogP contribution is -2.16. The number of hydrogen-bond acceptors (Lipinski definition) is 1. The molecule has 0 aromatic heterocycles. The Hall–Kier alpha value is -1.82. The van der Waals surface area contributed by atoms with E-state index in [-0.39, 0.29) is 5.82 Å². The minimum atomic E-state index is -0.301. The summed E-state index contributed by atoms with van der Waals surface area (Å²) in [5.74, 6) is 5.69. The predicted molar refractivity (Wildman–Crippen MR) is 84.1 cm³/mol. The molecule has 0 fully saturated rings. The van der Waals surface area contributed by atoms with Crippen LogP contribution in [-0.4, -0.2) is 13.1 Å². The summed E-state index contributed by atoms with van der Waals surface area (Å²) in [6.45, 7) is 1.89. The quantitative estimate of drug-likeness (QED) is 0.733. The number of fused-ring (bicyclic) bond motifs is 1. The van der Waals surface area contributed by atoms with Crippen molar-refractivity contribution in [1.82, 2.24) is 5.32 Å². The third-order valence-corrected chi connectivity index (χ3v) is 3.99. The van der Waals surface area contributed by atoms with Crippen molar-refractivity contribution >= 4 is 11.6 Å². The van der Waals surface area contributed by atoms with E-state index in [0.29, 0.717) is 10.6 Å². The van der Waals surface area contributed by atoms with Crippen molar-refractivity contribution in [2.24, 2.45) is 0 Å². The Labute approximate surface area is 129 Å². The molecule has 1 N–H and O–H groups in total. The van der Waals surface area contributed by atoms with Crippen LogP contribution in [-0.2, 0) is 12.8 Å². The van der Waals surface area contributed by atoms with Crippen LogP contribution in [0.25, 0.3) is 0 Å². The minimum absolute atomic E-state index is 0.301. The van der Waals surface area contributed by atoms with Crippen LogP contribution >= 0.6 is 11.6 Å². The molecule has 0 saturated carbocycles. The number of nitrogens with one attached hydrogen (secondary N) is 1. The average molecular weight is 300 g/mol. The molecular weight excluding hydrogens is 285 g/mol. The second-order valence-electron chi connectivity index (χ2n) is 5.04. The maximum absolute atomic E-state index is 13.7. The summed E-state index contributed by atoms with van der Waals surface area (Å²) >= 11 is 6.30. The zero-order valence-corrected chi connectivity index (χ0v) is 12.3. The highest BCUT2D eigenvalue weighted by Crippen LogP contribution is 2.25. The van der Waals surface area contributed by atoms with E-state index in [2.05, 4.69) is 23.2 Å². The Morgan fingerprint density at radius 3 is 2.67 bits per heavy atom. The van der Waals surface area contributed by atoms with Gasteiger partial charge in [-0.1, -0.05) is 41.6 Å². The normalized spacial score (nSPS) is 13.8. The molecule has 0 unspecified atom stereocenters. The van der Waals surface area contributed by atoms with Gasteiger partial charge in [-0.2, -0.15) is 0 Å². The molecule has 106 valence electrons. The molecule has 1 aliphatic heterocycles. The van der Waals surface area contributed by atoms with Crippen LogP contribution in [0.5, 0.6) is 0 Å². The van der Waals surface area contributed by atoms with Crippen molar-refractivity contribution in [2.75, 3.05) is 13.1 Å². The fraction of sp³-hybridized carbons (Fsp3) is 0.222. The molecule has 1 aliphatic rings. The molecule has 0 bridgehead atoms. The van der Waals surface area contributed by atoms with Gasteiger partial charge in [-0.3, -0.25) is 0 Å². The highest BCUT2D eigenvalue weighted by molar-refractivity contribution is 6.31. The second kappa shape index (κ2) is 6.30. The molecule has 2 aromatic carbocycles. The standard InChI is InChI=1S/C18H15ClFN/c19-17-8-6-13-9-11-21-12-10-15(13)16(17)7-5-14-3-1-2-4-18(14)20/h1-4,6,8,21H,9-12H2. The molecular formula is C18H15ClFN. The average Bonchev–Trinajstić information content (AvgIpc) is 2.73. The van der Waals surface area contributed by atoms with Crippen LogP contribution in [0.4, 0.5) is 4.39 Å². The Kier molecular flexibility index (Phi) is 4.24. The van der Waals surface area contributed by atoms with E-state index in [1.54, 1.807) is 18.2 Å². The molecule has 1 heterocycles. The van der Waals surface area contributed by atoms with Crippen molar-refractivity contribution < 1.29 is 4.39 Å². The Balaban J connectivity index is 2.05. The highest BCUT2D eigenvalue weighted by atomic mass is 35.5. The summed E-state index contributed by atoms with van der Waals surface area (Å²) in [5, 5.41) is 4.01. The molecule has 1 nitrogen and oxygen atoms in total. The fourth-order valence-electron chi connectivity index (χ4n) is 2.57. The molecule has 0 saturated heterocycles. The first-order chi connectivity index (χ1) is 10.3. The molecule has 2 aromatic rings. The van der Waals surface area contributed by atoms with Gasteiger partial charge in [-0.25, -0.2) is 4.39 Å². The summed E-state index contributed by atoms with van der Waals surface area (Å²) in [4.78, 5) is 0. The lowest BCUT2D eigenvalue weighted by molar-refractivity contribution is 0.624. The van der Waals surface area contributed by atoms with Gasteiger partial charge in [0.1, 0.15) is 5.82 Å². The second-order valence-corrected chi connectivity index (χ2v) is 5.45. The van der Waals surface area contributed by atoms with Crippen molar-refractivity contribution in [3.05, 3.63) is 69.5 Å². The van der Waals surface area contributed by atoms with Gasteiger partial charge < -0.3 is 5.32 Å². The van der Waals surface area contributed by atoms with Crippen molar-refractivity contribution in [2.45, 2.75) is 12.8 Å². The molecule has 0 spiro atoms. The van der Waals surface area contributed by atoms with Crippen LogP contribution in [0.2, 0.25) is 5.02 Å². The number of hydrogen-bond donors (Lipinski definition) is 1. The van der Waals surface area contributed by atoms with Gasteiger partial charge in [0, 0.05) is 5.56 Å². The van der Waals surface area contributed by atoms with Gasteiger partial charge in [0.15, 0.2) is 0 Å². The van der Waals surface area contributed by atoms with Gasteiger partial charge in [0.2, 0.25) is 0 Å². The van der Waals surface area contributed by atoms with E-state index in [9.17, 15) is 4.39 Å². The van der Waals surface area contributed by atoms with Crippen LogP contribution in [0.3, 0.4) is 0 Å². The van der Waals surface area contributed by atoms with E-state index in [0.717, 1.165) is 31.5 Å². The van der Waals surface area contributed by atoms with Crippen LogP contribution < -0.4 is 5.32 Å². The van der Waals surface area contributed by atoms with Gasteiger partial charge in [-0.05, 0) is 55.3 Å². The predicted octanol–water partition coefficient (Wildman–Crippen LogP) is 3.57. The van der Waals surface area contributed by atoms with E-state index in [1.807, 2.05) is 6.07 Å². The van der Waals surface area contributed by atoms with E-state index < -0.39 is 0 Å². The van der Waals surface area contributed by atoms with Crippen molar-refractivity contribution in [3.8, 4) is 11.8 Å². The van der Waals surface area contributed by atoms with Crippen LogP contribution in [0.15, 0.2) is 36.4 Å². The zero-order chi connectivity index (χ0) is 14.7. The summed E-state index contributed by atoms with van der Waals surface area (Å²) in [6, 6.07) is 10.5. The molecule has 21 heavy (non-hydrogen) atoms. The zero-order valence-electron chi connectivity index (χ0n) is 11.5. The third kappa shape index (κ3) is 3.10. The summed E-state index contributed by atoms with van der Waals surface area (Å²) in [5.41, 5.74) is 3.71. The number of rotatable bonds is 0. The SMILES string of the molecule is Fc1ccccc1C#Cc1c(Cl)ccc2c1CCNCC2. The van der Waals surface area contributed by atoms with Gasteiger partial charge in [0.05, 0.1) is 10.6 Å².